The number of halogens is 1. The molecule has 0 bridgehead atoms. The van der Waals surface area contributed by atoms with Gasteiger partial charge in [0.25, 0.3) is 0 Å². The van der Waals surface area contributed by atoms with Crippen LogP contribution in [0.25, 0.3) is 0 Å². The maximum atomic E-state index is 6.32. The second kappa shape index (κ2) is 8.34. The Morgan fingerprint density at radius 1 is 1.29 bits per heavy atom. The molecular formula is C15H18ClN3OS. The summed E-state index contributed by atoms with van der Waals surface area (Å²) in [6.45, 7) is 4.26. The van der Waals surface area contributed by atoms with Gasteiger partial charge in [-0.15, -0.1) is 0 Å². The molecular weight excluding hydrogens is 306 g/mol. The first-order valence-corrected chi connectivity index (χ1v) is 7.83. The molecule has 0 saturated carbocycles. The standard InChI is InChI=1S/C15H18ClN3OS/c1-11-8-18-15(19-9-11)21-14-4-3-12(7-13(14)16)10-17-5-6-20-2/h3-4,7-9,17H,5-6,10H2,1-2H3. The molecule has 0 aliphatic carbocycles. The molecule has 0 saturated heterocycles. The molecule has 0 radical (unpaired) electrons. The Morgan fingerprint density at radius 2 is 2.05 bits per heavy atom. The lowest BCUT2D eigenvalue weighted by molar-refractivity contribution is 0.199. The van der Waals surface area contributed by atoms with Gasteiger partial charge in [0.2, 0.25) is 0 Å². The molecule has 0 atom stereocenters. The van der Waals surface area contributed by atoms with Crippen LogP contribution in [0.4, 0.5) is 0 Å². The van der Waals surface area contributed by atoms with Crippen molar-refractivity contribution in [3.8, 4) is 0 Å². The number of ether oxygens (including phenoxy) is 1. The Morgan fingerprint density at radius 3 is 2.71 bits per heavy atom. The molecule has 4 nitrogen and oxygen atoms in total. The molecule has 6 heteroatoms. The van der Waals surface area contributed by atoms with Crippen LogP contribution in [0.1, 0.15) is 11.1 Å². The first-order chi connectivity index (χ1) is 10.2. The van der Waals surface area contributed by atoms with Gasteiger partial charge in [0.15, 0.2) is 5.16 Å². The Hall–Kier alpha value is -1.14. The minimum atomic E-state index is 0.701. The minimum absolute atomic E-state index is 0.701. The maximum absolute atomic E-state index is 6.32. The number of hydrogen-bond acceptors (Lipinski definition) is 5. The van der Waals surface area contributed by atoms with E-state index in [1.807, 2.05) is 19.1 Å². The summed E-state index contributed by atoms with van der Waals surface area (Å²) < 4.78 is 4.99. The van der Waals surface area contributed by atoms with Gasteiger partial charge in [0.05, 0.1) is 11.6 Å². The Kier molecular flexibility index (Phi) is 6.45. The van der Waals surface area contributed by atoms with Crippen LogP contribution in [0.3, 0.4) is 0 Å². The summed E-state index contributed by atoms with van der Waals surface area (Å²) in [6.07, 6.45) is 3.61. The summed E-state index contributed by atoms with van der Waals surface area (Å²) in [5.41, 5.74) is 2.19. The van der Waals surface area contributed by atoms with Gasteiger partial charge in [-0.2, -0.15) is 0 Å². The van der Waals surface area contributed by atoms with Crippen molar-refractivity contribution in [1.82, 2.24) is 15.3 Å². The lowest BCUT2D eigenvalue weighted by atomic mass is 10.2. The Balaban J connectivity index is 1.97. The van der Waals surface area contributed by atoms with E-state index < -0.39 is 0 Å². The number of aromatic nitrogens is 2. The maximum Gasteiger partial charge on any atom is 0.192 e. The third-order valence-corrected chi connectivity index (χ3v) is 4.16. The second-order valence-electron chi connectivity index (χ2n) is 4.58. The van der Waals surface area contributed by atoms with Crippen molar-refractivity contribution in [3.63, 3.8) is 0 Å². The molecule has 0 unspecified atom stereocenters. The average molecular weight is 324 g/mol. The van der Waals surface area contributed by atoms with Crippen LogP contribution in [0, 0.1) is 6.92 Å². The number of methoxy groups -OCH3 is 1. The molecule has 1 heterocycles. The Labute approximate surface area is 134 Å². The van der Waals surface area contributed by atoms with Gasteiger partial charge in [0.1, 0.15) is 0 Å². The third-order valence-electron chi connectivity index (χ3n) is 2.77. The van der Waals surface area contributed by atoms with Gasteiger partial charge >= 0.3 is 0 Å². The van der Waals surface area contributed by atoms with Gasteiger partial charge in [-0.05, 0) is 41.9 Å². The van der Waals surface area contributed by atoms with Crippen LogP contribution in [-0.2, 0) is 11.3 Å². The van der Waals surface area contributed by atoms with Crippen LogP contribution in [0.15, 0.2) is 40.6 Å². The highest BCUT2D eigenvalue weighted by Gasteiger charge is 2.06. The number of benzene rings is 1. The monoisotopic (exact) mass is 323 g/mol. The predicted molar refractivity (Wildman–Crippen MR) is 85.9 cm³/mol. The van der Waals surface area contributed by atoms with E-state index >= 15 is 0 Å². The lowest BCUT2D eigenvalue weighted by Gasteiger charge is -2.07. The molecule has 2 aromatic rings. The predicted octanol–water partition coefficient (Wildman–Crippen LogP) is 3.33. The first-order valence-electron chi connectivity index (χ1n) is 6.63. The zero-order valence-corrected chi connectivity index (χ0v) is 13.7. The number of rotatable bonds is 7. The van der Waals surface area contributed by atoms with Gasteiger partial charge in [0, 0.05) is 37.5 Å². The van der Waals surface area contributed by atoms with Crippen LogP contribution in [-0.4, -0.2) is 30.2 Å². The fourth-order valence-corrected chi connectivity index (χ4v) is 2.69. The van der Waals surface area contributed by atoms with Crippen LogP contribution in [0.2, 0.25) is 5.02 Å². The molecule has 0 spiro atoms. The minimum Gasteiger partial charge on any atom is -0.383 e. The van der Waals surface area contributed by atoms with Crippen LogP contribution < -0.4 is 5.32 Å². The number of hydrogen-bond donors (Lipinski definition) is 1. The molecule has 1 N–H and O–H groups in total. The second-order valence-corrected chi connectivity index (χ2v) is 6.00. The highest BCUT2D eigenvalue weighted by molar-refractivity contribution is 7.99. The van der Waals surface area contributed by atoms with E-state index in [0.29, 0.717) is 11.8 Å². The smallest absolute Gasteiger partial charge is 0.192 e. The molecule has 0 amide bonds. The van der Waals surface area contributed by atoms with Crippen LogP contribution >= 0.6 is 23.4 Å². The fourth-order valence-electron chi connectivity index (χ4n) is 1.68. The van der Waals surface area contributed by atoms with Crippen molar-refractivity contribution in [1.29, 1.82) is 0 Å². The van der Waals surface area contributed by atoms with Crippen molar-refractivity contribution >= 4 is 23.4 Å². The third kappa shape index (κ3) is 5.28. The van der Waals surface area contributed by atoms with E-state index in [2.05, 4.69) is 21.4 Å². The molecule has 2 rings (SSSR count). The van der Waals surface area contributed by atoms with Gasteiger partial charge < -0.3 is 10.1 Å². The van der Waals surface area contributed by atoms with E-state index in [-0.39, 0.29) is 0 Å². The normalized spacial score (nSPS) is 10.8. The van der Waals surface area contributed by atoms with Gasteiger partial charge in [-0.3, -0.25) is 0 Å². The summed E-state index contributed by atoms with van der Waals surface area (Å²) >= 11 is 7.79. The SMILES string of the molecule is COCCNCc1ccc(Sc2ncc(C)cn2)c(Cl)c1. The molecule has 1 aromatic heterocycles. The van der Waals surface area contributed by atoms with Crippen molar-refractivity contribution in [2.24, 2.45) is 0 Å². The van der Waals surface area contributed by atoms with E-state index in [0.717, 1.165) is 34.1 Å². The van der Waals surface area contributed by atoms with Crippen molar-refractivity contribution < 1.29 is 4.74 Å². The Bertz CT molecular complexity index is 578. The highest BCUT2D eigenvalue weighted by atomic mass is 35.5. The number of aryl methyl sites for hydroxylation is 1. The van der Waals surface area contributed by atoms with Crippen LogP contribution in [0.5, 0.6) is 0 Å². The van der Waals surface area contributed by atoms with Gasteiger partial charge in [-0.1, -0.05) is 17.7 Å². The highest BCUT2D eigenvalue weighted by Crippen LogP contribution is 2.31. The van der Waals surface area contributed by atoms with Gasteiger partial charge in [-0.25, -0.2) is 9.97 Å². The summed E-state index contributed by atoms with van der Waals surface area (Å²) in [5, 5.41) is 4.71. The molecule has 0 aliphatic heterocycles. The summed E-state index contributed by atoms with van der Waals surface area (Å²) in [6, 6.07) is 6.03. The van der Waals surface area contributed by atoms with E-state index in [1.54, 1.807) is 19.5 Å². The molecule has 21 heavy (non-hydrogen) atoms. The van der Waals surface area contributed by atoms with E-state index in [4.69, 9.17) is 16.3 Å². The number of nitrogens with zero attached hydrogens (tertiary/aromatic N) is 2. The summed E-state index contributed by atoms with van der Waals surface area (Å²) in [7, 11) is 1.69. The first kappa shape index (κ1) is 16.2. The molecule has 0 fully saturated rings. The number of nitrogens with one attached hydrogen (secondary N) is 1. The summed E-state index contributed by atoms with van der Waals surface area (Å²) in [5.74, 6) is 0. The summed E-state index contributed by atoms with van der Waals surface area (Å²) in [4.78, 5) is 9.51. The van der Waals surface area contributed by atoms with E-state index in [9.17, 15) is 0 Å². The zero-order chi connectivity index (χ0) is 15.1. The van der Waals surface area contributed by atoms with Crippen molar-refractivity contribution in [2.45, 2.75) is 23.5 Å². The molecule has 0 aliphatic rings. The topological polar surface area (TPSA) is 47.0 Å². The quantitative estimate of drug-likeness (QED) is 0.625. The average Bonchev–Trinajstić information content (AvgIpc) is 2.48. The largest absolute Gasteiger partial charge is 0.383 e. The molecule has 1 aromatic carbocycles. The lowest BCUT2D eigenvalue weighted by Crippen LogP contribution is -2.18. The van der Waals surface area contributed by atoms with Crippen molar-refractivity contribution in [2.75, 3.05) is 20.3 Å². The van der Waals surface area contributed by atoms with Crippen molar-refractivity contribution in [3.05, 3.63) is 46.7 Å². The molecule has 112 valence electrons. The fraction of sp³-hybridized carbons (Fsp3) is 0.333. The van der Waals surface area contributed by atoms with E-state index in [1.165, 1.54) is 11.8 Å². The zero-order valence-electron chi connectivity index (χ0n) is 12.1.